The van der Waals surface area contributed by atoms with Gasteiger partial charge in [0.25, 0.3) is 0 Å². The Bertz CT molecular complexity index is 203. The molecule has 1 heterocycles. The van der Waals surface area contributed by atoms with E-state index in [4.69, 9.17) is 0 Å². The lowest BCUT2D eigenvalue weighted by molar-refractivity contribution is -0.142. The Morgan fingerprint density at radius 1 is 1.43 bits per heavy atom. The smallest absolute Gasteiger partial charge is 0.226 e. The predicted molar refractivity (Wildman–Crippen MR) is 59.1 cm³/mol. The van der Waals surface area contributed by atoms with E-state index in [9.17, 15) is 4.79 Å². The number of likely N-dealkylation sites (tertiary alicyclic amines) is 1. The van der Waals surface area contributed by atoms with Gasteiger partial charge in [0.2, 0.25) is 5.91 Å². The van der Waals surface area contributed by atoms with Crippen molar-refractivity contribution in [3.63, 3.8) is 0 Å². The van der Waals surface area contributed by atoms with Crippen LogP contribution < -0.4 is 0 Å². The largest absolute Gasteiger partial charge is 0.342 e. The van der Waals surface area contributed by atoms with Crippen molar-refractivity contribution in [1.82, 2.24) is 4.90 Å². The van der Waals surface area contributed by atoms with E-state index in [1.165, 1.54) is 6.42 Å². The zero-order chi connectivity index (χ0) is 10.8. The molecule has 1 aliphatic rings. The van der Waals surface area contributed by atoms with Crippen LogP contribution in [0.5, 0.6) is 0 Å². The molecule has 0 aromatic carbocycles. The van der Waals surface area contributed by atoms with Gasteiger partial charge in [0.05, 0.1) is 0 Å². The van der Waals surface area contributed by atoms with Crippen LogP contribution in [0.2, 0.25) is 0 Å². The Balaban J connectivity index is 2.66. The van der Waals surface area contributed by atoms with Crippen molar-refractivity contribution in [3.05, 3.63) is 0 Å². The number of hydrogen-bond donors (Lipinski definition) is 0. The number of amides is 1. The number of carbonyl (C=O) groups excluding carboxylic acids is 1. The summed E-state index contributed by atoms with van der Waals surface area (Å²) in [5.74, 6) is 0.619. The third-order valence-electron chi connectivity index (χ3n) is 3.07. The molecule has 1 amide bonds. The molecule has 0 saturated carbocycles. The van der Waals surface area contributed by atoms with Crippen molar-refractivity contribution >= 4 is 5.91 Å². The molecular formula is C12H23NO. The lowest BCUT2D eigenvalue weighted by atomic mass is 9.75. The van der Waals surface area contributed by atoms with Crippen molar-refractivity contribution < 1.29 is 4.79 Å². The fourth-order valence-electron chi connectivity index (χ4n) is 2.24. The first-order valence-corrected chi connectivity index (χ1v) is 5.75. The zero-order valence-corrected chi connectivity index (χ0v) is 9.97. The summed E-state index contributed by atoms with van der Waals surface area (Å²) in [4.78, 5) is 14.1. The van der Waals surface area contributed by atoms with E-state index in [0.29, 0.717) is 5.91 Å². The molecule has 1 saturated heterocycles. The maximum absolute atomic E-state index is 12.1. The minimum Gasteiger partial charge on any atom is -0.342 e. The third kappa shape index (κ3) is 2.49. The SMILES string of the molecule is CCCN1CCCC(C(C)(C)C)C1=O. The summed E-state index contributed by atoms with van der Waals surface area (Å²) in [6.45, 7) is 10.6. The molecule has 1 fully saturated rings. The summed E-state index contributed by atoms with van der Waals surface area (Å²) >= 11 is 0. The number of nitrogens with zero attached hydrogens (tertiary/aromatic N) is 1. The van der Waals surface area contributed by atoms with Crippen LogP contribution in [0.25, 0.3) is 0 Å². The van der Waals surface area contributed by atoms with Crippen LogP contribution >= 0.6 is 0 Å². The second kappa shape index (κ2) is 4.33. The highest BCUT2D eigenvalue weighted by Gasteiger charge is 2.36. The maximum atomic E-state index is 12.1. The van der Waals surface area contributed by atoms with E-state index in [0.717, 1.165) is 25.9 Å². The molecule has 0 bridgehead atoms. The number of rotatable bonds is 2. The highest BCUT2D eigenvalue weighted by atomic mass is 16.2. The highest BCUT2D eigenvalue weighted by Crippen LogP contribution is 2.34. The maximum Gasteiger partial charge on any atom is 0.226 e. The van der Waals surface area contributed by atoms with Crippen molar-refractivity contribution in [2.45, 2.75) is 47.0 Å². The summed E-state index contributed by atoms with van der Waals surface area (Å²) in [6, 6.07) is 0. The van der Waals surface area contributed by atoms with E-state index in [1.54, 1.807) is 0 Å². The number of hydrogen-bond acceptors (Lipinski definition) is 1. The molecule has 1 aliphatic heterocycles. The number of carbonyl (C=O) groups is 1. The second-order valence-corrected chi connectivity index (χ2v) is 5.39. The van der Waals surface area contributed by atoms with Crippen LogP contribution in [0.3, 0.4) is 0 Å². The number of piperidine rings is 1. The van der Waals surface area contributed by atoms with Gasteiger partial charge >= 0.3 is 0 Å². The minimum atomic E-state index is 0.128. The van der Waals surface area contributed by atoms with Crippen LogP contribution in [0, 0.1) is 11.3 Å². The molecular weight excluding hydrogens is 174 g/mol. The summed E-state index contributed by atoms with van der Waals surface area (Å²) in [5, 5.41) is 0. The van der Waals surface area contributed by atoms with Crippen LogP contribution in [-0.2, 0) is 4.79 Å². The second-order valence-electron chi connectivity index (χ2n) is 5.39. The molecule has 0 radical (unpaired) electrons. The summed E-state index contributed by atoms with van der Waals surface area (Å²) in [6.07, 6.45) is 3.32. The highest BCUT2D eigenvalue weighted by molar-refractivity contribution is 5.80. The van der Waals surface area contributed by atoms with Gasteiger partial charge in [-0.3, -0.25) is 4.79 Å². The van der Waals surface area contributed by atoms with Crippen molar-refractivity contribution in [1.29, 1.82) is 0 Å². The van der Waals surface area contributed by atoms with Crippen molar-refractivity contribution in [3.8, 4) is 0 Å². The van der Waals surface area contributed by atoms with E-state index in [1.807, 2.05) is 4.90 Å². The van der Waals surface area contributed by atoms with E-state index in [-0.39, 0.29) is 11.3 Å². The minimum absolute atomic E-state index is 0.128. The molecule has 0 spiro atoms. The summed E-state index contributed by atoms with van der Waals surface area (Å²) < 4.78 is 0. The summed E-state index contributed by atoms with van der Waals surface area (Å²) in [7, 11) is 0. The Hall–Kier alpha value is -0.530. The topological polar surface area (TPSA) is 20.3 Å². The van der Waals surface area contributed by atoms with Gasteiger partial charge in [-0.05, 0) is 24.7 Å². The van der Waals surface area contributed by atoms with Crippen molar-refractivity contribution in [2.24, 2.45) is 11.3 Å². The van der Waals surface area contributed by atoms with Crippen molar-refractivity contribution in [2.75, 3.05) is 13.1 Å². The normalized spacial score (nSPS) is 24.1. The molecule has 0 aromatic rings. The molecule has 1 rings (SSSR count). The van der Waals surface area contributed by atoms with E-state index >= 15 is 0 Å². The Morgan fingerprint density at radius 3 is 2.57 bits per heavy atom. The fraction of sp³-hybridized carbons (Fsp3) is 0.917. The van der Waals surface area contributed by atoms with Gasteiger partial charge in [-0.15, -0.1) is 0 Å². The van der Waals surface area contributed by atoms with Gasteiger partial charge in [0.15, 0.2) is 0 Å². The molecule has 0 aromatic heterocycles. The van der Waals surface area contributed by atoms with Gasteiger partial charge < -0.3 is 4.90 Å². The zero-order valence-electron chi connectivity index (χ0n) is 9.97. The average Bonchev–Trinajstić information content (AvgIpc) is 2.07. The van der Waals surface area contributed by atoms with Gasteiger partial charge in [-0.1, -0.05) is 27.7 Å². The third-order valence-corrected chi connectivity index (χ3v) is 3.07. The molecule has 2 heteroatoms. The van der Waals surface area contributed by atoms with Crippen LogP contribution in [0.4, 0.5) is 0 Å². The molecule has 0 N–H and O–H groups in total. The Labute approximate surface area is 87.7 Å². The van der Waals surface area contributed by atoms with Gasteiger partial charge in [0, 0.05) is 19.0 Å². The molecule has 1 atom stereocenters. The first-order valence-electron chi connectivity index (χ1n) is 5.75. The van der Waals surface area contributed by atoms with Gasteiger partial charge in [-0.25, -0.2) is 0 Å². The monoisotopic (exact) mass is 197 g/mol. The standard InChI is InChI=1S/C12H23NO/c1-5-8-13-9-6-7-10(11(13)14)12(2,3)4/h10H,5-9H2,1-4H3. The van der Waals surface area contributed by atoms with E-state index in [2.05, 4.69) is 27.7 Å². The molecule has 0 aliphatic carbocycles. The van der Waals surface area contributed by atoms with Crippen LogP contribution in [0.15, 0.2) is 0 Å². The van der Waals surface area contributed by atoms with Crippen LogP contribution in [0.1, 0.15) is 47.0 Å². The first kappa shape index (κ1) is 11.5. The Morgan fingerprint density at radius 2 is 2.07 bits per heavy atom. The lowest BCUT2D eigenvalue weighted by Crippen LogP contribution is -2.45. The van der Waals surface area contributed by atoms with E-state index < -0.39 is 0 Å². The molecule has 14 heavy (non-hydrogen) atoms. The lowest BCUT2D eigenvalue weighted by Gasteiger charge is -2.38. The Kier molecular flexibility index (Phi) is 3.57. The molecule has 2 nitrogen and oxygen atoms in total. The first-order chi connectivity index (χ1) is 6.46. The quantitative estimate of drug-likeness (QED) is 0.666. The molecule has 1 unspecified atom stereocenters. The predicted octanol–water partition coefficient (Wildman–Crippen LogP) is 2.68. The summed E-state index contributed by atoms with van der Waals surface area (Å²) in [5.41, 5.74) is 0.128. The molecule has 82 valence electrons. The fourth-order valence-corrected chi connectivity index (χ4v) is 2.24. The van der Waals surface area contributed by atoms with Gasteiger partial charge in [-0.2, -0.15) is 0 Å². The van der Waals surface area contributed by atoms with Crippen LogP contribution in [-0.4, -0.2) is 23.9 Å². The average molecular weight is 197 g/mol. The van der Waals surface area contributed by atoms with Gasteiger partial charge in [0.1, 0.15) is 0 Å².